The van der Waals surface area contributed by atoms with E-state index in [0.717, 1.165) is 56.5 Å². The molecule has 0 spiro atoms. The van der Waals surface area contributed by atoms with Gasteiger partial charge in [-0.2, -0.15) is 0 Å². The SMILES string of the molecule is CCN(C)CCCN(C)C(=O)Oc1ccc(C(Cl)CCCCCSSc2ncccc2[N+](=O)[O-])cc1. The van der Waals surface area contributed by atoms with E-state index in [2.05, 4.69) is 23.9 Å². The average molecular weight is 555 g/mol. The molecule has 1 aromatic heterocycles. The number of amides is 1. The lowest BCUT2D eigenvalue weighted by Gasteiger charge is -2.19. The Hall–Kier alpha value is -2.01. The number of carbonyl (C=O) groups excluding carboxylic acids is 1. The van der Waals surface area contributed by atoms with Crippen molar-refractivity contribution >= 4 is 45.0 Å². The van der Waals surface area contributed by atoms with Crippen molar-refractivity contribution in [3.8, 4) is 5.75 Å². The Kier molecular flexibility index (Phi) is 14.0. The number of alkyl halides is 1. The third-order valence-electron chi connectivity index (χ3n) is 5.60. The third-order valence-corrected chi connectivity index (χ3v) is 8.45. The highest BCUT2D eigenvalue weighted by Gasteiger charge is 2.15. The molecule has 36 heavy (non-hydrogen) atoms. The van der Waals surface area contributed by atoms with Crippen molar-refractivity contribution in [3.05, 3.63) is 58.3 Å². The molecule has 0 aliphatic carbocycles. The molecule has 0 saturated carbocycles. The van der Waals surface area contributed by atoms with Crippen LogP contribution >= 0.6 is 33.2 Å². The first-order chi connectivity index (χ1) is 17.3. The van der Waals surface area contributed by atoms with Gasteiger partial charge in [0.2, 0.25) is 0 Å². The van der Waals surface area contributed by atoms with Gasteiger partial charge in [0, 0.05) is 31.6 Å². The molecular formula is C25H35ClN4O4S2. The zero-order chi connectivity index (χ0) is 26.3. The van der Waals surface area contributed by atoms with Crippen molar-refractivity contribution in [1.82, 2.24) is 14.8 Å². The molecule has 0 aliphatic heterocycles. The van der Waals surface area contributed by atoms with Crippen molar-refractivity contribution < 1.29 is 14.5 Å². The first-order valence-electron chi connectivity index (χ1n) is 12.1. The van der Waals surface area contributed by atoms with Crippen molar-refractivity contribution in [2.75, 3.05) is 39.5 Å². The van der Waals surface area contributed by atoms with E-state index < -0.39 is 4.92 Å². The monoisotopic (exact) mass is 554 g/mol. The number of hydrogen-bond donors (Lipinski definition) is 0. The number of nitro groups is 1. The molecular weight excluding hydrogens is 520 g/mol. The van der Waals surface area contributed by atoms with Crippen molar-refractivity contribution in [2.24, 2.45) is 0 Å². The van der Waals surface area contributed by atoms with Gasteiger partial charge in [-0.25, -0.2) is 9.78 Å². The second-order valence-corrected chi connectivity index (χ2v) is 11.3. The number of hydrogen-bond acceptors (Lipinski definition) is 8. The summed E-state index contributed by atoms with van der Waals surface area (Å²) < 4.78 is 5.47. The number of rotatable bonds is 16. The number of unbranched alkanes of at least 4 members (excludes halogenated alkanes) is 2. The normalized spacial score (nSPS) is 11.9. The maximum Gasteiger partial charge on any atom is 0.414 e. The summed E-state index contributed by atoms with van der Waals surface area (Å²) in [4.78, 5) is 30.8. The number of nitrogens with zero attached hydrogens (tertiary/aromatic N) is 4. The highest BCUT2D eigenvalue weighted by atomic mass is 35.5. The standard InChI is InChI=1S/C25H35ClN4O4S2/c1-4-28(2)17-9-18-29(3)25(31)34-21-14-12-20(13-15-21)22(26)10-6-5-7-19-35-36-24-23(30(32)33)11-8-16-27-24/h8,11-16,22H,4-7,9-10,17-19H2,1-3H3. The minimum atomic E-state index is -0.403. The van der Waals surface area contributed by atoms with Gasteiger partial charge in [0.1, 0.15) is 5.75 Å². The van der Waals surface area contributed by atoms with Gasteiger partial charge in [0.25, 0.3) is 0 Å². The molecule has 2 aromatic rings. The molecule has 0 aliphatic rings. The average Bonchev–Trinajstić information content (AvgIpc) is 2.88. The van der Waals surface area contributed by atoms with Crippen LogP contribution in [0.5, 0.6) is 5.75 Å². The lowest BCUT2D eigenvalue weighted by atomic mass is 10.1. The molecule has 1 aromatic carbocycles. The topological polar surface area (TPSA) is 88.8 Å². The Morgan fingerprint density at radius 3 is 2.58 bits per heavy atom. The first-order valence-corrected chi connectivity index (χ1v) is 14.8. The van der Waals surface area contributed by atoms with Crippen LogP contribution in [0.1, 0.15) is 50.0 Å². The fourth-order valence-electron chi connectivity index (χ4n) is 3.26. The Labute approximate surface area is 226 Å². The molecule has 11 heteroatoms. The molecule has 198 valence electrons. The van der Waals surface area contributed by atoms with Gasteiger partial charge in [-0.3, -0.25) is 10.1 Å². The summed E-state index contributed by atoms with van der Waals surface area (Å²) in [7, 11) is 6.73. The molecule has 1 amide bonds. The minimum Gasteiger partial charge on any atom is -0.410 e. The van der Waals surface area contributed by atoms with Crippen LogP contribution in [-0.4, -0.2) is 65.3 Å². The Bertz CT molecular complexity index is 952. The van der Waals surface area contributed by atoms with Crippen molar-refractivity contribution in [3.63, 3.8) is 0 Å². The highest BCUT2D eigenvalue weighted by Crippen LogP contribution is 2.36. The second kappa shape index (κ2) is 16.7. The fraction of sp³-hybridized carbons (Fsp3) is 0.520. The number of halogens is 1. The van der Waals surface area contributed by atoms with E-state index in [9.17, 15) is 14.9 Å². The van der Waals surface area contributed by atoms with Crippen LogP contribution in [0.2, 0.25) is 0 Å². The molecule has 1 atom stereocenters. The lowest BCUT2D eigenvalue weighted by Crippen LogP contribution is -2.32. The van der Waals surface area contributed by atoms with Gasteiger partial charge < -0.3 is 14.5 Å². The van der Waals surface area contributed by atoms with Crippen LogP contribution < -0.4 is 4.74 Å². The summed E-state index contributed by atoms with van der Waals surface area (Å²) in [5.41, 5.74) is 1.04. The molecule has 1 unspecified atom stereocenters. The van der Waals surface area contributed by atoms with Gasteiger partial charge in [0.05, 0.1) is 10.3 Å². The van der Waals surface area contributed by atoms with Crippen LogP contribution in [0.4, 0.5) is 10.5 Å². The van der Waals surface area contributed by atoms with Crippen LogP contribution in [0, 0.1) is 10.1 Å². The van der Waals surface area contributed by atoms with E-state index in [1.165, 1.54) is 16.9 Å². The number of ether oxygens (including phenoxy) is 1. The van der Waals surface area contributed by atoms with E-state index in [1.807, 2.05) is 12.1 Å². The van der Waals surface area contributed by atoms with Crippen molar-refractivity contribution in [1.29, 1.82) is 0 Å². The Morgan fingerprint density at radius 1 is 1.14 bits per heavy atom. The zero-order valence-corrected chi connectivity index (χ0v) is 23.5. The quantitative estimate of drug-likeness (QED) is 0.0717. The van der Waals surface area contributed by atoms with Crippen LogP contribution in [0.3, 0.4) is 0 Å². The van der Waals surface area contributed by atoms with E-state index in [1.54, 1.807) is 47.1 Å². The smallest absolute Gasteiger partial charge is 0.410 e. The van der Waals surface area contributed by atoms with Crippen LogP contribution in [0.25, 0.3) is 0 Å². The molecule has 8 nitrogen and oxygen atoms in total. The molecule has 0 saturated heterocycles. The summed E-state index contributed by atoms with van der Waals surface area (Å²) in [5.74, 6) is 1.39. The summed E-state index contributed by atoms with van der Waals surface area (Å²) >= 11 is 6.58. The van der Waals surface area contributed by atoms with E-state index in [-0.39, 0.29) is 17.2 Å². The van der Waals surface area contributed by atoms with Gasteiger partial charge in [-0.1, -0.05) is 42.7 Å². The van der Waals surface area contributed by atoms with Crippen molar-refractivity contribution in [2.45, 2.75) is 49.4 Å². The van der Waals surface area contributed by atoms with Crippen LogP contribution in [-0.2, 0) is 0 Å². The largest absolute Gasteiger partial charge is 0.414 e. The van der Waals surface area contributed by atoms with Gasteiger partial charge in [-0.15, -0.1) is 11.6 Å². The van der Waals surface area contributed by atoms with E-state index in [4.69, 9.17) is 16.3 Å². The maximum absolute atomic E-state index is 12.3. The Morgan fingerprint density at radius 2 is 1.89 bits per heavy atom. The maximum atomic E-state index is 12.3. The minimum absolute atomic E-state index is 0.0447. The summed E-state index contributed by atoms with van der Waals surface area (Å²) in [5, 5.41) is 11.4. The Balaban J connectivity index is 1.63. The third kappa shape index (κ3) is 10.9. The number of benzene rings is 1. The van der Waals surface area contributed by atoms with Gasteiger partial charge in [0.15, 0.2) is 5.03 Å². The lowest BCUT2D eigenvalue weighted by molar-refractivity contribution is -0.388. The molecule has 2 rings (SSSR count). The predicted octanol–water partition coefficient (Wildman–Crippen LogP) is 7.04. The number of pyridine rings is 1. The van der Waals surface area contributed by atoms with Gasteiger partial charge in [-0.05, 0) is 74.0 Å². The summed E-state index contributed by atoms with van der Waals surface area (Å²) in [6.07, 6.45) is 5.96. The highest BCUT2D eigenvalue weighted by molar-refractivity contribution is 8.76. The number of aromatic nitrogens is 1. The number of carbonyl (C=O) groups is 1. The van der Waals surface area contributed by atoms with E-state index >= 15 is 0 Å². The summed E-state index contributed by atoms with van der Waals surface area (Å²) in [6, 6.07) is 10.4. The molecule has 1 heterocycles. The van der Waals surface area contributed by atoms with Gasteiger partial charge >= 0.3 is 11.8 Å². The first kappa shape index (κ1) is 30.2. The molecule has 0 radical (unpaired) electrons. The molecule has 0 N–H and O–H groups in total. The van der Waals surface area contributed by atoms with E-state index in [0.29, 0.717) is 17.3 Å². The van der Waals surface area contributed by atoms with Crippen LogP contribution in [0.15, 0.2) is 47.6 Å². The molecule has 0 fully saturated rings. The zero-order valence-electron chi connectivity index (χ0n) is 21.1. The summed E-state index contributed by atoms with van der Waals surface area (Å²) in [6.45, 7) is 4.68. The second-order valence-electron chi connectivity index (χ2n) is 8.41. The fourth-order valence-corrected chi connectivity index (χ4v) is 5.73. The molecule has 0 bridgehead atoms. The predicted molar refractivity (Wildman–Crippen MR) is 149 cm³/mol.